The molecule has 1 aromatic rings. The molecule has 68 valence electrons. The van der Waals surface area contributed by atoms with Gasteiger partial charge in [0.1, 0.15) is 0 Å². The lowest BCUT2D eigenvalue weighted by Crippen LogP contribution is -1.93. The van der Waals surface area contributed by atoms with Crippen molar-refractivity contribution in [3.63, 3.8) is 0 Å². The van der Waals surface area contributed by atoms with E-state index in [1.54, 1.807) is 17.5 Å². The van der Waals surface area contributed by atoms with Crippen molar-refractivity contribution in [3.8, 4) is 12.3 Å². The molecule has 0 unspecified atom stereocenters. The highest BCUT2D eigenvalue weighted by molar-refractivity contribution is 7.13. The third-order valence-electron chi connectivity index (χ3n) is 1.33. The maximum Gasteiger partial charge on any atom is 0.177 e. The summed E-state index contributed by atoms with van der Waals surface area (Å²) in [5, 5.41) is 4.86. The number of aryl methyl sites for hydroxylation is 1. The summed E-state index contributed by atoms with van der Waals surface area (Å²) in [6.07, 6.45) is 6.78. The van der Waals surface area contributed by atoms with E-state index in [-0.39, 0.29) is 6.61 Å². The van der Waals surface area contributed by atoms with Gasteiger partial charge >= 0.3 is 0 Å². The molecule has 0 spiro atoms. The van der Waals surface area contributed by atoms with Crippen LogP contribution in [0.2, 0.25) is 0 Å². The van der Waals surface area contributed by atoms with Crippen molar-refractivity contribution < 1.29 is 4.84 Å². The van der Waals surface area contributed by atoms with Gasteiger partial charge in [-0.1, -0.05) is 11.1 Å². The molecule has 3 nitrogen and oxygen atoms in total. The average Bonchev–Trinajstić information content (AvgIpc) is 2.52. The van der Waals surface area contributed by atoms with Gasteiger partial charge in [-0.25, -0.2) is 4.98 Å². The monoisotopic (exact) mass is 194 g/mol. The molecule has 0 N–H and O–H groups in total. The molecule has 4 heteroatoms. The van der Waals surface area contributed by atoms with E-state index in [2.05, 4.69) is 16.1 Å². The Bertz CT molecular complexity index is 349. The van der Waals surface area contributed by atoms with Crippen LogP contribution in [-0.4, -0.2) is 17.3 Å². The average molecular weight is 194 g/mol. The first-order chi connectivity index (χ1) is 6.24. The summed E-state index contributed by atoms with van der Waals surface area (Å²) in [6.45, 7) is 4.02. The molecule has 0 bridgehead atoms. The summed E-state index contributed by atoms with van der Waals surface area (Å²) in [6, 6.07) is 0. The van der Waals surface area contributed by atoms with Crippen molar-refractivity contribution in [1.29, 1.82) is 0 Å². The highest BCUT2D eigenvalue weighted by Crippen LogP contribution is 2.12. The topological polar surface area (TPSA) is 34.5 Å². The Morgan fingerprint density at radius 2 is 2.62 bits per heavy atom. The molecule has 0 saturated carbocycles. The molecule has 1 heterocycles. The number of aromatic nitrogens is 1. The van der Waals surface area contributed by atoms with Gasteiger partial charge in [-0.3, -0.25) is 0 Å². The molecule has 0 aliphatic rings. The van der Waals surface area contributed by atoms with E-state index in [1.807, 2.05) is 13.8 Å². The van der Waals surface area contributed by atoms with Crippen molar-refractivity contribution in [1.82, 2.24) is 4.98 Å². The minimum atomic E-state index is 0.203. The van der Waals surface area contributed by atoms with Crippen LogP contribution in [0.1, 0.15) is 16.8 Å². The summed E-state index contributed by atoms with van der Waals surface area (Å²) >= 11 is 1.58. The SMILES string of the molecule is C#CCO/N=C(\C)c1cnc(C)s1. The molecule has 13 heavy (non-hydrogen) atoms. The van der Waals surface area contributed by atoms with Crippen molar-refractivity contribution in [2.24, 2.45) is 5.16 Å². The fourth-order valence-electron chi connectivity index (χ4n) is 0.740. The van der Waals surface area contributed by atoms with Crippen molar-refractivity contribution in [2.75, 3.05) is 6.61 Å². The van der Waals surface area contributed by atoms with Gasteiger partial charge in [0.25, 0.3) is 0 Å². The largest absolute Gasteiger partial charge is 0.382 e. The first kappa shape index (κ1) is 9.75. The Hall–Kier alpha value is -1.34. The minimum absolute atomic E-state index is 0.203. The predicted octanol–water partition coefficient (Wildman–Crippen LogP) is 1.83. The Morgan fingerprint density at radius 3 is 3.15 bits per heavy atom. The van der Waals surface area contributed by atoms with Gasteiger partial charge < -0.3 is 4.84 Å². The molecule has 0 fully saturated rings. The van der Waals surface area contributed by atoms with Gasteiger partial charge in [-0.15, -0.1) is 17.8 Å². The molecule has 0 aromatic carbocycles. The third-order valence-corrected chi connectivity index (χ3v) is 2.35. The zero-order valence-corrected chi connectivity index (χ0v) is 8.39. The zero-order chi connectivity index (χ0) is 9.68. The zero-order valence-electron chi connectivity index (χ0n) is 7.57. The number of hydrogen-bond acceptors (Lipinski definition) is 4. The van der Waals surface area contributed by atoms with Gasteiger partial charge in [-0.2, -0.15) is 0 Å². The predicted molar refractivity (Wildman–Crippen MR) is 53.8 cm³/mol. The Balaban J connectivity index is 2.63. The molecule has 1 rings (SSSR count). The fourth-order valence-corrected chi connectivity index (χ4v) is 1.45. The summed E-state index contributed by atoms with van der Waals surface area (Å²) in [5.74, 6) is 2.34. The Morgan fingerprint density at radius 1 is 1.85 bits per heavy atom. The first-order valence-corrected chi connectivity index (χ1v) is 4.58. The van der Waals surface area contributed by atoms with E-state index in [4.69, 9.17) is 11.3 Å². The maximum atomic E-state index is 5.00. The van der Waals surface area contributed by atoms with E-state index < -0.39 is 0 Å². The summed E-state index contributed by atoms with van der Waals surface area (Å²) in [5.41, 5.74) is 0.806. The second kappa shape index (κ2) is 4.63. The highest BCUT2D eigenvalue weighted by atomic mass is 32.1. The van der Waals surface area contributed by atoms with Crippen molar-refractivity contribution >= 4 is 17.0 Å². The van der Waals surface area contributed by atoms with Crippen LogP contribution in [0.15, 0.2) is 11.4 Å². The molecule has 0 aliphatic heterocycles. The third kappa shape index (κ3) is 2.88. The molecule has 0 radical (unpaired) electrons. The number of oxime groups is 1. The number of terminal acetylenes is 1. The number of hydrogen-bond donors (Lipinski definition) is 0. The molecule has 0 saturated heterocycles. The van der Waals surface area contributed by atoms with Gasteiger partial charge in [0.05, 0.1) is 15.6 Å². The van der Waals surface area contributed by atoms with E-state index in [1.165, 1.54) is 0 Å². The standard InChI is InChI=1S/C9H10N2OS/c1-4-5-12-11-7(2)9-6-10-8(3)13-9/h1,6H,5H2,2-3H3/b11-7+. The summed E-state index contributed by atoms with van der Waals surface area (Å²) in [7, 11) is 0. The van der Waals surface area contributed by atoms with E-state index in [0.717, 1.165) is 15.6 Å². The lowest BCUT2D eigenvalue weighted by atomic mass is 10.4. The van der Waals surface area contributed by atoms with Gasteiger partial charge in [-0.05, 0) is 13.8 Å². The second-order valence-electron chi connectivity index (χ2n) is 2.40. The minimum Gasteiger partial charge on any atom is -0.382 e. The molecule has 1 aromatic heterocycles. The van der Waals surface area contributed by atoms with E-state index in [0.29, 0.717) is 0 Å². The number of nitrogens with zero attached hydrogens (tertiary/aromatic N) is 2. The van der Waals surface area contributed by atoms with Crippen LogP contribution >= 0.6 is 11.3 Å². The molecule has 0 atom stereocenters. The van der Waals surface area contributed by atoms with Gasteiger partial charge in [0.15, 0.2) is 6.61 Å². The van der Waals surface area contributed by atoms with Crippen LogP contribution in [0.4, 0.5) is 0 Å². The second-order valence-corrected chi connectivity index (χ2v) is 3.63. The lowest BCUT2D eigenvalue weighted by molar-refractivity contribution is 0.180. The number of rotatable bonds is 3. The van der Waals surface area contributed by atoms with Gasteiger partial charge in [0.2, 0.25) is 0 Å². The Kier molecular flexibility index (Phi) is 3.47. The van der Waals surface area contributed by atoms with Crippen LogP contribution in [-0.2, 0) is 4.84 Å². The number of thiazole rings is 1. The molecular formula is C9H10N2OS. The Labute approximate surface area is 81.4 Å². The smallest absolute Gasteiger partial charge is 0.177 e. The van der Waals surface area contributed by atoms with Crippen LogP contribution in [0.25, 0.3) is 0 Å². The fraction of sp³-hybridized carbons (Fsp3) is 0.333. The lowest BCUT2D eigenvalue weighted by Gasteiger charge is -1.94. The van der Waals surface area contributed by atoms with Crippen molar-refractivity contribution in [3.05, 3.63) is 16.1 Å². The van der Waals surface area contributed by atoms with Crippen LogP contribution in [0, 0.1) is 19.3 Å². The molecular weight excluding hydrogens is 184 g/mol. The summed E-state index contributed by atoms with van der Waals surface area (Å²) in [4.78, 5) is 9.96. The first-order valence-electron chi connectivity index (χ1n) is 3.77. The van der Waals surface area contributed by atoms with E-state index in [9.17, 15) is 0 Å². The van der Waals surface area contributed by atoms with Gasteiger partial charge in [0, 0.05) is 6.20 Å². The van der Waals surface area contributed by atoms with Crippen LogP contribution in [0.3, 0.4) is 0 Å². The molecule has 0 amide bonds. The molecule has 0 aliphatic carbocycles. The maximum absolute atomic E-state index is 5.00. The van der Waals surface area contributed by atoms with Crippen molar-refractivity contribution in [2.45, 2.75) is 13.8 Å². The van der Waals surface area contributed by atoms with Crippen LogP contribution < -0.4 is 0 Å². The van der Waals surface area contributed by atoms with E-state index >= 15 is 0 Å². The summed E-state index contributed by atoms with van der Waals surface area (Å²) < 4.78 is 0. The quantitative estimate of drug-likeness (QED) is 0.318. The highest BCUT2D eigenvalue weighted by Gasteiger charge is 2.01. The van der Waals surface area contributed by atoms with Crippen LogP contribution in [0.5, 0.6) is 0 Å². The normalized spacial score (nSPS) is 11.0.